The lowest BCUT2D eigenvalue weighted by Gasteiger charge is -2.06. The van der Waals surface area contributed by atoms with Gasteiger partial charge in [0.15, 0.2) is 0 Å². The molecule has 2 aromatic rings. The van der Waals surface area contributed by atoms with E-state index in [4.69, 9.17) is 5.73 Å². The van der Waals surface area contributed by atoms with Gasteiger partial charge in [0.05, 0.1) is 0 Å². The maximum Gasteiger partial charge on any atom is 0.0452 e. The normalized spacial score (nSPS) is 10.3. The molecule has 0 fully saturated rings. The summed E-state index contributed by atoms with van der Waals surface area (Å²) in [5.74, 6) is 0.967. The van der Waals surface area contributed by atoms with Crippen molar-refractivity contribution in [3.05, 3.63) is 59.7 Å². The predicted molar refractivity (Wildman–Crippen MR) is 71.6 cm³/mol. The zero-order valence-electron chi connectivity index (χ0n) is 9.31. The number of thioether (sulfide) groups is 1. The molecule has 0 amide bonds. The quantitative estimate of drug-likeness (QED) is 0.638. The molecule has 0 aliphatic rings. The Hall–Kier alpha value is -1.41. The van der Waals surface area contributed by atoms with Gasteiger partial charge in [-0.1, -0.05) is 36.4 Å². The SMILES string of the molecule is Cc1ccc(N)c(SCc2ccccc2)c1. The van der Waals surface area contributed by atoms with Crippen LogP contribution in [0.25, 0.3) is 0 Å². The highest BCUT2D eigenvalue weighted by Gasteiger charge is 2.00. The summed E-state index contributed by atoms with van der Waals surface area (Å²) in [5, 5.41) is 0. The van der Waals surface area contributed by atoms with Gasteiger partial charge in [0, 0.05) is 16.3 Å². The topological polar surface area (TPSA) is 26.0 Å². The minimum atomic E-state index is 0.867. The molecule has 2 N–H and O–H groups in total. The third kappa shape index (κ3) is 2.80. The van der Waals surface area contributed by atoms with E-state index in [0.29, 0.717) is 0 Å². The van der Waals surface area contributed by atoms with Gasteiger partial charge < -0.3 is 5.73 Å². The van der Waals surface area contributed by atoms with E-state index >= 15 is 0 Å². The summed E-state index contributed by atoms with van der Waals surface area (Å²) in [4.78, 5) is 1.17. The van der Waals surface area contributed by atoms with E-state index in [9.17, 15) is 0 Å². The summed E-state index contributed by atoms with van der Waals surface area (Å²) in [6, 6.07) is 16.6. The Morgan fingerprint density at radius 3 is 2.56 bits per heavy atom. The highest BCUT2D eigenvalue weighted by Crippen LogP contribution is 2.28. The van der Waals surface area contributed by atoms with E-state index in [-0.39, 0.29) is 0 Å². The first kappa shape index (κ1) is 11.1. The summed E-state index contributed by atoms with van der Waals surface area (Å²) < 4.78 is 0. The monoisotopic (exact) mass is 229 g/mol. The second-order valence-electron chi connectivity index (χ2n) is 3.82. The van der Waals surface area contributed by atoms with E-state index in [1.807, 2.05) is 18.2 Å². The fraction of sp³-hybridized carbons (Fsp3) is 0.143. The van der Waals surface area contributed by atoms with Crippen molar-refractivity contribution in [3.8, 4) is 0 Å². The number of nitrogens with two attached hydrogens (primary N) is 1. The first-order chi connectivity index (χ1) is 7.75. The molecular weight excluding hydrogens is 214 g/mol. The van der Waals surface area contributed by atoms with Crippen molar-refractivity contribution >= 4 is 17.4 Å². The lowest BCUT2D eigenvalue weighted by Crippen LogP contribution is -1.89. The van der Waals surface area contributed by atoms with Crippen molar-refractivity contribution in [2.75, 3.05) is 5.73 Å². The molecule has 16 heavy (non-hydrogen) atoms. The van der Waals surface area contributed by atoms with Crippen LogP contribution in [0.15, 0.2) is 53.4 Å². The van der Waals surface area contributed by atoms with Gasteiger partial charge >= 0.3 is 0 Å². The van der Waals surface area contributed by atoms with E-state index in [1.54, 1.807) is 11.8 Å². The first-order valence-corrected chi connectivity index (χ1v) is 6.27. The zero-order chi connectivity index (χ0) is 11.4. The van der Waals surface area contributed by atoms with Crippen LogP contribution in [0.1, 0.15) is 11.1 Å². The molecule has 0 aliphatic heterocycles. The van der Waals surface area contributed by atoms with E-state index in [2.05, 4.69) is 37.3 Å². The molecule has 0 unspecified atom stereocenters. The van der Waals surface area contributed by atoms with Crippen LogP contribution in [0.2, 0.25) is 0 Å². The predicted octanol–water partition coefficient (Wildman–Crippen LogP) is 3.87. The summed E-state index contributed by atoms with van der Waals surface area (Å²) in [5.41, 5.74) is 9.38. The number of benzene rings is 2. The summed E-state index contributed by atoms with van der Waals surface area (Å²) in [6.45, 7) is 2.09. The molecule has 82 valence electrons. The molecule has 2 heteroatoms. The van der Waals surface area contributed by atoms with Crippen LogP contribution < -0.4 is 5.73 Å². The van der Waals surface area contributed by atoms with E-state index in [0.717, 1.165) is 11.4 Å². The van der Waals surface area contributed by atoms with Crippen molar-refractivity contribution in [1.29, 1.82) is 0 Å². The molecule has 0 saturated carbocycles. The Balaban J connectivity index is 2.08. The third-order valence-corrected chi connectivity index (χ3v) is 3.55. The summed E-state index contributed by atoms with van der Waals surface area (Å²) in [7, 11) is 0. The molecule has 0 heterocycles. The van der Waals surface area contributed by atoms with Crippen molar-refractivity contribution in [3.63, 3.8) is 0 Å². The smallest absolute Gasteiger partial charge is 0.0452 e. The fourth-order valence-electron chi connectivity index (χ4n) is 1.50. The Bertz CT molecular complexity index is 465. The number of anilines is 1. The molecule has 0 bridgehead atoms. The van der Waals surface area contributed by atoms with Crippen LogP contribution in [0.3, 0.4) is 0 Å². The van der Waals surface area contributed by atoms with Crippen LogP contribution in [0.5, 0.6) is 0 Å². The largest absolute Gasteiger partial charge is 0.398 e. The zero-order valence-corrected chi connectivity index (χ0v) is 10.1. The van der Waals surface area contributed by atoms with Gasteiger partial charge in [0.1, 0.15) is 0 Å². The average molecular weight is 229 g/mol. The molecule has 0 atom stereocenters. The molecule has 2 aromatic carbocycles. The highest BCUT2D eigenvalue weighted by atomic mass is 32.2. The first-order valence-electron chi connectivity index (χ1n) is 5.28. The molecular formula is C14H15NS. The van der Waals surface area contributed by atoms with Crippen LogP contribution in [0.4, 0.5) is 5.69 Å². The molecule has 1 nitrogen and oxygen atoms in total. The van der Waals surface area contributed by atoms with Gasteiger partial charge in [-0.15, -0.1) is 11.8 Å². The Labute approximate surface area is 101 Å². The maximum atomic E-state index is 5.93. The number of hydrogen-bond donors (Lipinski definition) is 1. The van der Waals surface area contributed by atoms with Crippen LogP contribution in [-0.4, -0.2) is 0 Å². The minimum Gasteiger partial charge on any atom is -0.398 e. The lowest BCUT2D eigenvalue weighted by atomic mass is 10.2. The molecule has 0 aliphatic carbocycles. The van der Waals surface area contributed by atoms with Crippen molar-refractivity contribution in [2.24, 2.45) is 0 Å². The Morgan fingerprint density at radius 1 is 1.06 bits per heavy atom. The Morgan fingerprint density at radius 2 is 1.81 bits per heavy atom. The van der Waals surface area contributed by atoms with Crippen molar-refractivity contribution in [1.82, 2.24) is 0 Å². The molecule has 0 saturated heterocycles. The second-order valence-corrected chi connectivity index (χ2v) is 4.83. The van der Waals surface area contributed by atoms with Crippen molar-refractivity contribution in [2.45, 2.75) is 17.6 Å². The van der Waals surface area contributed by atoms with Crippen molar-refractivity contribution < 1.29 is 0 Å². The third-order valence-electron chi connectivity index (χ3n) is 2.41. The van der Waals surface area contributed by atoms with Gasteiger partial charge in [0.2, 0.25) is 0 Å². The number of hydrogen-bond acceptors (Lipinski definition) is 2. The highest BCUT2D eigenvalue weighted by molar-refractivity contribution is 7.98. The molecule has 0 aromatic heterocycles. The van der Waals surface area contributed by atoms with E-state index in [1.165, 1.54) is 16.0 Å². The second kappa shape index (κ2) is 5.08. The number of nitrogen functional groups attached to an aromatic ring is 1. The fourth-order valence-corrected chi connectivity index (χ4v) is 2.52. The average Bonchev–Trinajstić information content (AvgIpc) is 2.32. The number of aryl methyl sites for hydroxylation is 1. The maximum absolute atomic E-state index is 5.93. The number of rotatable bonds is 3. The lowest BCUT2D eigenvalue weighted by molar-refractivity contribution is 1.34. The molecule has 2 rings (SSSR count). The van der Waals surface area contributed by atoms with E-state index < -0.39 is 0 Å². The Kier molecular flexibility index (Phi) is 3.52. The summed E-state index contributed by atoms with van der Waals surface area (Å²) >= 11 is 1.79. The molecule has 0 spiro atoms. The van der Waals surface area contributed by atoms with Gasteiger partial charge in [-0.2, -0.15) is 0 Å². The van der Waals surface area contributed by atoms with Gasteiger partial charge in [-0.25, -0.2) is 0 Å². The standard InChI is InChI=1S/C14H15NS/c1-11-7-8-13(15)14(9-11)16-10-12-5-3-2-4-6-12/h2-9H,10,15H2,1H3. The van der Waals surface area contributed by atoms with Crippen LogP contribution in [-0.2, 0) is 5.75 Å². The van der Waals surface area contributed by atoms with Gasteiger partial charge in [-0.3, -0.25) is 0 Å². The van der Waals surface area contributed by atoms with Crippen LogP contribution in [0, 0.1) is 6.92 Å². The summed E-state index contributed by atoms with van der Waals surface area (Å²) in [6.07, 6.45) is 0. The van der Waals surface area contributed by atoms with Gasteiger partial charge in [0.25, 0.3) is 0 Å². The minimum absolute atomic E-state index is 0.867. The van der Waals surface area contributed by atoms with Crippen LogP contribution >= 0.6 is 11.8 Å². The van der Waals surface area contributed by atoms with Gasteiger partial charge in [-0.05, 0) is 30.2 Å². The molecule has 0 radical (unpaired) electrons.